The first-order chi connectivity index (χ1) is 13.4. The van der Waals surface area contributed by atoms with Crippen LogP contribution in [0.3, 0.4) is 0 Å². The molecule has 146 valence electrons. The van der Waals surface area contributed by atoms with Crippen LogP contribution in [0.2, 0.25) is 0 Å². The molecule has 0 aliphatic heterocycles. The summed E-state index contributed by atoms with van der Waals surface area (Å²) in [5, 5.41) is 0.285. The molecular formula is C21H24N4O3. The van der Waals surface area contributed by atoms with Gasteiger partial charge in [-0.1, -0.05) is 43.7 Å². The van der Waals surface area contributed by atoms with E-state index in [-0.39, 0.29) is 28.7 Å². The van der Waals surface area contributed by atoms with Crippen LogP contribution in [-0.2, 0) is 0 Å². The maximum atomic E-state index is 13.3. The molecule has 0 spiro atoms. The number of rotatable bonds is 6. The van der Waals surface area contributed by atoms with E-state index in [1.165, 1.54) is 0 Å². The van der Waals surface area contributed by atoms with Gasteiger partial charge in [-0.25, -0.2) is 9.78 Å². The Hall–Kier alpha value is -3.22. The number of aromatic amines is 2. The van der Waals surface area contributed by atoms with Gasteiger partial charge in [0.25, 0.3) is 11.5 Å². The largest absolute Gasteiger partial charge is 0.331 e. The Kier molecular flexibility index (Phi) is 5.73. The molecule has 0 aliphatic rings. The van der Waals surface area contributed by atoms with Crippen LogP contribution in [0.1, 0.15) is 54.3 Å². The lowest BCUT2D eigenvalue weighted by atomic mass is 10.1. The number of unbranched alkanes of at least 4 members (excludes halogenated alkanes) is 1. The number of nitrogens with zero attached hydrogens (tertiary/aromatic N) is 2. The standard InChI is InChI=1S/C21H24N4O3/c1-4-5-11-25(14(3)15-9-7-6-8-10-15)20(27)16-12-13(2)17-18(22-16)23-21(28)24-19(17)26/h6-10,12,14H,4-5,11H2,1-3H3,(H2,22,23,24,26,28). The van der Waals surface area contributed by atoms with E-state index in [2.05, 4.69) is 21.9 Å². The SMILES string of the molecule is CCCCN(C(=O)c1cc(C)c2c(=O)[nH]c(=O)[nH]c2n1)C(C)c1ccccc1. The third-order valence-corrected chi connectivity index (χ3v) is 4.88. The van der Waals surface area contributed by atoms with E-state index < -0.39 is 11.2 Å². The Morgan fingerprint density at radius 1 is 1.18 bits per heavy atom. The molecule has 0 aliphatic carbocycles. The van der Waals surface area contributed by atoms with Gasteiger partial charge in [-0.3, -0.25) is 19.6 Å². The monoisotopic (exact) mass is 380 g/mol. The van der Waals surface area contributed by atoms with Gasteiger partial charge in [-0.05, 0) is 37.5 Å². The van der Waals surface area contributed by atoms with E-state index >= 15 is 0 Å². The molecule has 1 aromatic carbocycles. The van der Waals surface area contributed by atoms with Crippen molar-refractivity contribution in [3.63, 3.8) is 0 Å². The number of pyridine rings is 1. The second-order valence-corrected chi connectivity index (χ2v) is 6.90. The highest BCUT2D eigenvalue weighted by Crippen LogP contribution is 2.23. The number of aryl methyl sites for hydroxylation is 1. The smallest absolute Gasteiger partial charge is 0.327 e. The van der Waals surface area contributed by atoms with Crippen molar-refractivity contribution in [2.75, 3.05) is 6.54 Å². The molecule has 1 atom stereocenters. The summed E-state index contributed by atoms with van der Waals surface area (Å²) in [5.41, 5.74) is 0.811. The van der Waals surface area contributed by atoms with Crippen molar-refractivity contribution in [3.8, 4) is 0 Å². The molecule has 1 amide bonds. The van der Waals surface area contributed by atoms with Gasteiger partial charge in [0, 0.05) is 6.54 Å². The molecule has 28 heavy (non-hydrogen) atoms. The summed E-state index contributed by atoms with van der Waals surface area (Å²) in [7, 11) is 0. The molecule has 0 saturated carbocycles. The maximum absolute atomic E-state index is 13.3. The number of carbonyl (C=O) groups excluding carboxylic acids is 1. The first kappa shape index (κ1) is 19.5. The summed E-state index contributed by atoms with van der Waals surface area (Å²) in [5.74, 6) is -0.226. The fourth-order valence-corrected chi connectivity index (χ4v) is 3.32. The molecule has 2 aromatic heterocycles. The molecule has 2 N–H and O–H groups in total. The number of hydrogen-bond acceptors (Lipinski definition) is 4. The van der Waals surface area contributed by atoms with E-state index in [4.69, 9.17) is 0 Å². The maximum Gasteiger partial charge on any atom is 0.327 e. The van der Waals surface area contributed by atoms with Gasteiger partial charge in [0.2, 0.25) is 0 Å². The first-order valence-electron chi connectivity index (χ1n) is 9.42. The van der Waals surface area contributed by atoms with E-state index in [9.17, 15) is 14.4 Å². The zero-order valence-electron chi connectivity index (χ0n) is 16.3. The second-order valence-electron chi connectivity index (χ2n) is 6.90. The minimum atomic E-state index is -0.644. The van der Waals surface area contributed by atoms with Gasteiger partial charge in [0.1, 0.15) is 11.3 Å². The third kappa shape index (κ3) is 3.88. The number of hydrogen-bond donors (Lipinski definition) is 2. The van der Waals surface area contributed by atoms with E-state index in [1.54, 1.807) is 17.9 Å². The van der Waals surface area contributed by atoms with Crippen LogP contribution in [-0.4, -0.2) is 32.3 Å². The molecule has 1 unspecified atom stereocenters. The zero-order valence-corrected chi connectivity index (χ0v) is 16.3. The normalized spacial score (nSPS) is 12.1. The summed E-state index contributed by atoms with van der Waals surface area (Å²) < 4.78 is 0. The number of nitrogens with one attached hydrogen (secondary N) is 2. The number of benzene rings is 1. The van der Waals surface area contributed by atoms with Crippen molar-refractivity contribution in [2.45, 2.75) is 39.7 Å². The lowest BCUT2D eigenvalue weighted by Crippen LogP contribution is -2.35. The van der Waals surface area contributed by atoms with E-state index in [0.29, 0.717) is 12.1 Å². The van der Waals surface area contributed by atoms with Gasteiger partial charge in [0.05, 0.1) is 11.4 Å². The highest BCUT2D eigenvalue weighted by molar-refractivity contribution is 5.95. The van der Waals surface area contributed by atoms with Gasteiger partial charge in [-0.2, -0.15) is 0 Å². The minimum absolute atomic E-state index is 0.125. The average Bonchev–Trinajstić information content (AvgIpc) is 2.67. The summed E-state index contributed by atoms with van der Waals surface area (Å²) >= 11 is 0. The van der Waals surface area contributed by atoms with Crippen molar-refractivity contribution in [1.29, 1.82) is 0 Å². The van der Waals surface area contributed by atoms with Crippen LogP contribution in [0.25, 0.3) is 11.0 Å². The molecule has 0 saturated heterocycles. The van der Waals surface area contributed by atoms with Gasteiger partial charge in [-0.15, -0.1) is 0 Å². The number of amides is 1. The molecule has 3 aromatic rings. The Balaban J connectivity index is 2.05. The van der Waals surface area contributed by atoms with Crippen molar-refractivity contribution < 1.29 is 4.79 Å². The van der Waals surface area contributed by atoms with Crippen molar-refractivity contribution >= 4 is 16.9 Å². The quantitative estimate of drug-likeness (QED) is 0.687. The first-order valence-corrected chi connectivity index (χ1v) is 9.42. The molecule has 7 nitrogen and oxygen atoms in total. The predicted octanol–water partition coefficient (Wildman–Crippen LogP) is 2.92. The number of carbonyl (C=O) groups is 1. The van der Waals surface area contributed by atoms with Gasteiger partial charge in [0.15, 0.2) is 0 Å². The Morgan fingerprint density at radius 3 is 2.57 bits per heavy atom. The molecule has 0 radical (unpaired) electrons. The summed E-state index contributed by atoms with van der Waals surface area (Å²) in [6.45, 7) is 6.38. The molecule has 2 heterocycles. The van der Waals surface area contributed by atoms with Crippen LogP contribution >= 0.6 is 0 Å². The molecule has 7 heteroatoms. The van der Waals surface area contributed by atoms with Gasteiger partial charge < -0.3 is 4.90 Å². The molecular weight excluding hydrogens is 356 g/mol. The summed E-state index contributed by atoms with van der Waals surface area (Å²) in [6.07, 6.45) is 1.82. The molecule has 0 fully saturated rings. The highest BCUT2D eigenvalue weighted by Gasteiger charge is 2.24. The van der Waals surface area contributed by atoms with Crippen LogP contribution in [0.5, 0.6) is 0 Å². The molecule has 0 bridgehead atoms. The van der Waals surface area contributed by atoms with Crippen LogP contribution in [0.15, 0.2) is 46.0 Å². The summed E-state index contributed by atoms with van der Waals surface area (Å²) in [6, 6.07) is 11.3. The van der Waals surface area contributed by atoms with Crippen LogP contribution < -0.4 is 11.2 Å². The Morgan fingerprint density at radius 2 is 1.89 bits per heavy atom. The predicted molar refractivity (Wildman–Crippen MR) is 109 cm³/mol. The summed E-state index contributed by atoms with van der Waals surface area (Å²) in [4.78, 5) is 47.8. The highest BCUT2D eigenvalue weighted by atomic mass is 16.2. The average molecular weight is 380 g/mol. The van der Waals surface area contributed by atoms with Gasteiger partial charge >= 0.3 is 5.69 Å². The Labute approximate surface area is 162 Å². The zero-order chi connectivity index (χ0) is 20.3. The van der Waals surface area contributed by atoms with Crippen molar-refractivity contribution in [3.05, 3.63) is 74.1 Å². The number of aromatic nitrogens is 3. The number of fused-ring (bicyclic) bond motifs is 1. The minimum Gasteiger partial charge on any atom is -0.331 e. The second kappa shape index (κ2) is 8.21. The third-order valence-electron chi connectivity index (χ3n) is 4.88. The lowest BCUT2D eigenvalue weighted by Gasteiger charge is -2.29. The van der Waals surface area contributed by atoms with E-state index in [1.807, 2.05) is 37.3 Å². The number of H-pyrrole nitrogens is 2. The van der Waals surface area contributed by atoms with Crippen LogP contribution in [0.4, 0.5) is 0 Å². The topological polar surface area (TPSA) is 98.9 Å². The fourth-order valence-electron chi connectivity index (χ4n) is 3.32. The fraction of sp³-hybridized carbons (Fsp3) is 0.333. The van der Waals surface area contributed by atoms with Crippen molar-refractivity contribution in [2.24, 2.45) is 0 Å². The Bertz CT molecular complexity index is 1100. The van der Waals surface area contributed by atoms with Crippen molar-refractivity contribution in [1.82, 2.24) is 19.9 Å². The van der Waals surface area contributed by atoms with Crippen LogP contribution in [0, 0.1) is 6.92 Å². The lowest BCUT2D eigenvalue weighted by molar-refractivity contribution is 0.0682. The molecule has 3 rings (SSSR count). The van der Waals surface area contributed by atoms with E-state index in [0.717, 1.165) is 18.4 Å².